The van der Waals surface area contributed by atoms with E-state index in [1.165, 1.54) is 17.4 Å². The number of nitrogens with zero attached hydrogens (tertiary/aromatic N) is 1. The molecule has 2 fully saturated rings. The van der Waals surface area contributed by atoms with Crippen molar-refractivity contribution in [3.63, 3.8) is 0 Å². The van der Waals surface area contributed by atoms with Gasteiger partial charge in [0.1, 0.15) is 11.6 Å². The summed E-state index contributed by atoms with van der Waals surface area (Å²) in [5.74, 6) is -2.62. The van der Waals surface area contributed by atoms with Crippen molar-refractivity contribution in [2.24, 2.45) is 17.3 Å². The predicted octanol–water partition coefficient (Wildman–Crippen LogP) is 4.38. The molecule has 0 amide bonds. The van der Waals surface area contributed by atoms with Crippen molar-refractivity contribution in [2.75, 3.05) is 0 Å². The Morgan fingerprint density at radius 1 is 1.26 bits per heavy atom. The third-order valence-corrected chi connectivity index (χ3v) is 8.43. The summed E-state index contributed by atoms with van der Waals surface area (Å²) in [6, 6.07) is 0. The Morgan fingerprint density at radius 3 is 2.57 bits per heavy atom. The van der Waals surface area contributed by atoms with Gasteiger partial charge in [0.25, 0.3) is 0 Å². The molecule has 2 aliphatic rings. The van der Waals surface area contributed by atoms with E-state index in [0.29, 0.717) is 18.5 Å². The summed E-state index contributed by atoms with van der Waals surface area (Å²) in [7, 11) is 0. The molecule has 0 aromatic carbocycles. The van der Waals surface area contributed by atoms with Gasteiger partial charge in [0.15, 0.2) is 6.10 Å². The van der Waals surface area contributed by atoms with Crippen LogP contribution in [0.4, 0.5) is 4.39 Å². The SMILES string of the molecule is Cc1nc(/C=C(\F)C2C[C@@H]3O[C@]3(C)CCC[C@H](C)[C@H](O)[C@@H](C)C(=O)C(C)(C)[C@@H](O)CC(=O)O2)cs1. The Hall–Kier alpha value is -1.68. The van der Waals surface area contributed by atoms with Crippen LogP contribution in [0.3, 0.4) is 0 Å². The summed E-state index contributed by atoms with van der Waals surface area (Å²) in [4.78, 5) is 30.2. The van der Waals surface area contributed by atoms with Crippen LogP contribution < -0.4 is 0 Å². The number of carbonyl (C=O) groups is 2. The number of cyclic esters (lactones) is 1. The van der Waals surface area contributed by atoms with E-state index in [0.717, 1.165) is 11.4 Å². The Kier molecular flexibility index (Phi) is 8.57. The van der Waals surface area contributed by atoms with Gasteiger partial charge >= 0.3 is 5.97 Å². The van der Waals surface area contributed by atoms with Gasteiger partial charge in [-0.1, -0.05) is 34.1 Å². The van der Waals surface area contributed by atoms with Crippen LogP contribution in [0.2, 0.25) is 0 Å². The lowest BCUT2D eigenvalue weighted by Crippen LogP contribution is -2.45. The van der Waals surface area contributed by atoms with Crippen LogP contribution >= 0.6 is 11.3 Å². The number of aliphatic hydroxyl groups is 2. The van der Waals surface area contributed by atoms with Crippen molar-refractivity contribution < 1.29 is 33.7 Å². The van der Waals surface area contributed by atoms with Gasteiger partial charge in [0.05, 0.1) is 46.5 Å². The molecule has 0 saturated carbocycles. The molecule has 0 radical (unpaired) electrons. The second-order valence-electron chi connectivity index (χ2n) is 10.9. The molecule has 196 valence electrons. The fraction of sp³-hybridized carbons (Fsp3) is 0.731. The van der Waals surface area contributed by atoms with Crippen molar-refractivity contribution in [2.45, 2.75) is 104 Å². The number of rotatable bonds is 2. The molecular formula is C26H38FNO6S. The van der Waals surface area contributed by atoms with Crippen LogP contribution in [0.25, 0.3) is 6.08 Å². The van der Waals surface area contributed by atoms with Gasteiger partial charge in [0, 0.05) is 17.7 Å². The number of epoxide rings is 1. The lowest BCUT2D eigenvalue weighted by molar-refractivity contribution is -0.155. The average Bonchev–Trinajstić information content (AvgIpc) is 3.22. The molecule has 9 heteroatoms. The molecule has 0 spiro atoms. The monoisotopic (exact) mass is 511 g/mol. The number of esters is 1. The molecule has 7 nitrogen and oxygen atoms in total. The first-order valence-electron chi connectivity index (χ1n) is 12.3. The lowest BCUT2D eigenvalue weighted by atomic mass is 9.73. The van der Waals surface area contributed by atoms with E-state index in [2.05, 4.69) is 4.98 Å². The number of fused-ring (bicyclic) bond motifs is 1. The van der Waals surface area contributed by atoms with Gasteiger partial charge in [-0.3, -0.25) is 9.59 Å². The second kappa shape index (κ2) is 10.7. The Bertz CT molecular complexity index is 961. The molecule has 0 aliphatic carbocycles. The van der Waals surface area contributed by atoms with E-state index in [-0.39, 0.29) is 24.2 Å². The van der Waals surface area contributed by atoms with Gasteiger partial charge in [-0.15, -0.1) is 11.3 Å². The van der Waals surface area contributed by atoms with Gasteiger partial charge in [-0.25, -0.2) is 9.37 Å². The molecule has 2 N–H and O–H groups in total. The molecule has 0 bridgehead atoms. The number of ketones is 1. The minimum atomic E-state index is -1.35. The van der Waals surface area contributed by atoms with Crippen LogP contribution in [-0.2, 0) is 19.1 Å². The van der Waals surface area contributed by atoms with Gasteiger partial charge < -0.3 is 19.7 Å². The van der Waals surface area contributed by atoms with E-state index in [1.807, 2.05) is 20.8 Å². The molecule has 1 aromatic heterocycles. The lowest BCUT2D eigenvalue weighted by Gasteiger charge is -2.34. The highest BCUT2D eigenvalue weighted by Gasteiger charge is 2.53. The van der Waals surface area contributed by atoms with Gasteiger partial charge in [-0.2, -0.15) is 0 Å². The first-order chi connectivity index (χ1) is 16.2. The first-order valence-corrected chi connectivity index (χ1v) is 13.2. The Balaban J connectivity index is 1.85. The number of aryl methyl sites for hydroxylation is 1. The normalized spacial score (nSPS) is 37.5. The smallest absolute Gasteiger partial charge is 0.309 e. The fourth-order valence-corrected chi connectivity index (χ4v) is 5.44. The second-order valence-corrected chi connectivity index (χ2v) is 12.0. The maximum absolute atomic E-state index is 15.3. The molecule has 35 heavy (non-hydrogen) atoms. The number of hydrogen-bond donors (Lipinski definition) is 2. The zero-order chi connectivity index (χ0) is 26.1. The number of thiazole rings is 1. The summed E-state index contributed by atoms with van der Waals surface area (Å²) in [5, 5.41) is 24.1. The number of aliphatic hydroxyl groups excluding tert-OH is 2. The highest BCUT2D eigenvalue weighted by atomic mass is 32.1. The van der Waals surface area contributed by atoms with Crippen LogP contribution in [0.5, 0.6) is 0 Å². The predicted molar refractivity (Wildman–Crippen MR) is 131 cm³/mol. The first kappa shape index (κ1) is 27.9. The van der Waals surface area contributed by atoms with E-state index in [1.54, 1.807) is 26.2 Å². The topological polar surface area (TPSA) is 109 Å². The fourth-order valence-electron chi connectivity index (χ4n) is 4.86. The third-order valence-electron chi connectivity index (χ3n) is 7.64. The van der Waals surface area contributed by atoms with E-state index in [9.17, 15) is 19.8 Å². The molecule has 3 heterocycles. The van der Waals surface area contributed by atoms with Gasteiger partial charge in [-0.05, 0) is 38.7 Å². The van der Waals surface area contributed by atoms with Crippen molar-refractivity contribution in [3.8, 4) is 0 Å². The highest BCUT2D eigenvalue weighted by Crippen LogP contribution is 2.45. The zero-order valence-corrected chi connectivity index (χ0v) is 22.2. The maximum atomic E-state index is 15.3. The van der Waals surface area contributed by atoms with Crippen LogP contribution in [0, 0.1) is 24.2 Å². The van der Waals surface area contributed by atoms with Crippen molar-refractivity contribution in [1.82, 2.24) is 4.98 Å². The van der Waals surface area contributed by atoms with Crippen molar-refractivity contribution in [3.05, 3.63) is 21.9 Å². The molecule has 3 rings (SSSR count). The summed E-state index contributed by atoms with van der Waals surface area (Å²) in [6.45, 7) is 10.4. The quantitative estimate of drug-likeness (QED) is 0.448. The molecular weight excluding hydrogens is 473 g/mol. The molecule has 1 unspecified atom stereocenters. The van der Waals surface area contributed by atoms with Crippen LogP contribution in [-0.4, -0.2) is 57.0 Å². The maximum Gasteiger partial charge on any atom is 0.309 e. The van der Waals surface area contributed by atoms with Crippen LogP contribution in [0.15, 0.2) is 11.2 Å². The molecule has 7 atom stereocenters. The zero-order valence-electron chi connectivity index (χ0n) is 21.4. The Morgan fingerprint density at radius 2 is 1.94 bits per heavy atom. The van der Waals surface area contributed by atoms with E-state index < -0.39 is 53.5 Å². The number of aromatic nitrogens is 1. The third kappa shape index (κ3) is 6.56. The molecule has 2 aliphatic heterocycles. The largest absolute Gasteiger partial charge is 0.455 e. The standard InChI is InChI=1S/C26H38FNO6S/c1-14-8-7-9-26(6)21(34-26)11-19(18(27)10-17-13-35-16(3)28-17)33-22(30)12-20(29)25(4,5)24(32)15(2)23(14)31/h10,13-15,19-21,23,29,31H,7-9,11-12H2,1-6H3/b18-10-/t14-,15+,19?,20-,21-,23-,26+/m0/s1. The number of hydrogen-bond acceptors (Lipinski definition) is 8. The van der Waals surface area contributed by atoms with Crippen molar-refractivity contribution in [1.29, 1.82) is 0 Å². The summed E-state index contributed by atoms with van der Waals surface area (Å²) in [6.07, 6.45) is -0.593. The summed E-state index contributed by atoms with van der Waals surface area (Å²) < 4.78 is 26.7. The number of ether oxygens (including phenoxy) is 2. The number of Topliss-reactive ketones (excluding diaryl/α,β-unsaturated/α-hetero) is 1. The minimum Gasteiger partial charge on any atom is -0.455 e. The minimum absolute atomic E-state index is 0.129. The number of halogens is 1. The highest BCUT2D eigenvalue weighted by molar-refractivity contribution is 7.09. The molecule has 1 aromatic rings. The van der Waals surface area contributed by atoms with E-state index in [4.69, 9.17) is 9.47 Å². The Labute approximate surface area is 210 Å². The molecule has 2 saturated heterocycles. The average molecular weight is 512 g/mol. The van der Waals surface area contributed by atoms with Crippen molar-refractivity contribution >= 4 is 29.2 Å². The summed E-state index contributed by atoms with van der Waals surface area (Å²) in [5.41, 5.74) is -1.32. The number of carbonyl (C=O) groups excluding carboxylic acids is 2. The summed E-state index contributed by atoms with van der Waals surface area (Å²) >= 11 is 1.39. The van der Waals surface area contributed by atoms with Crippen LogP contribution in [0.1, 0.15) is 77.4 Å². The van der Waals surface area contributed by atoms with Gasteiger partial charge in [0.2, 0.25) is 0 Å². The van der Waals surface area contributed by atoms with E-state index >= 15 is 4.39 Å².